The molecule has 17 heavy (non-hydrogen) atoms. The summed E-state index contributed by atoms with van der Waals surface area (Å²) >= 11 is 0. The third kappa shape index (κ3) is 2.71. The van der Waals surface area contributed by atoms with E-state index >= 15 is 0 Å². The molecule has 4 nitrogen and oxygen atoms in total. The van der Waals surface area contributed by atoms with Crippen LogP contribution in [0.4, 0.5) is 0 Å². The van der Waals surface area contributed by atoms with Gasteiger partial charge in [-0.3, -0.25) is 9.67 Å². The second-order valence-corrected chi connectivity index (χ2v) is 4.46. The van der Waals surface area contributed by atoms with Gasteiger partial charge in [0.1, 0.15) is 0 Å². The Morgan fingerprint density at radius 2 is 2.12 bits per heavy atom. The quantitative estimate of drug-likeness (QED) is 0.872. The van der Waals surface area contributed by atoms with Gasteiger partial charge in [-0.05, 0) is 37.5 Å². The van der Waals surface area contributed by atoms with Gasteiger partial charge in [0.05, 0.1) is 6.20 Å². The third-order valence-corrected chi connectivity index (χ3v) is 2.88. The van der Waals surface area contributed by atoms with Crippen LogP contribution < -0.4 is 5.73 Å². The van der Waals surface area contributed by atoms with Crippen molar-refractivity contribution in [3.05, 3.63) is 47.0 Å². The van der Waals surface area contributed by atoms with Crippen LogP contribution in [0.25, 0.3) is 0 Å². The van der Waals surface area contributed by atoms with Crippen molar-refractivity contribution >= 4 is 0 Å². The van der Waals surface area contributed by atoms with Gasteiger partial charge in [-0.15, -0.1) is 0 Å². The van der Waals surface area contributed by atoms with Gasteiger partial charge in [-0.25, -0.2) is 0 Å². The Bertz CT molecular complexity index is 516. The van der Waals surface area contributed by atoms with Crippen molar-refractivity contribution in [1.29, 1.82) is 0 Å². The molecule has 0 aliphatic heterocycles. The molecule has 2 heterocycles. The lowest BCUT2D eigenvalue weighted by Gasteiger charge is -2.13. The Hall–Kier alpha value is -1.68. The van der Waals surface area contributed by atoms with Crippen molar-refractivity contribution < 1.29 is 0 Å². The minimum absolute atomic E-state index is 0.0210. The van der Waals surface area contributed by atoms with Gasteiger partial charge >= 0.3 is 0 Å². The number of hydrogen-bond acceptors (Lipinski definition) is 3. The maximum absolute atomic E-state index is 6.21. The van der Waals surface area contributed by atoms with Crippen molar-refractivity contribution in [2.45, 2.75) is 26.3 Å². The highest BCUT2D eigenvalue weighted by Crippen LogP contribution is 2.18. The van der Waals surface area contributed by atoms with Gasteiger partial charge in [0.25, 0.3) is 0 Å². The normalized spacial score (nSPS) is 12.7. The summed E-state index contributed by atoms with van der Waals surface area (Å²) in [5.41, 5.74) is 10.5. The molecule has 0 bridgehead atoms. The number of aryl methyl sites for hydroxylation is 3. The van der Waals surface area contributed by atoms with Crippen LogP contribution >= 0.6 is 0 Å². The summed E-state index contributed by atoms with van der Waals surface area (Å²) in [6.07, 6.45) is 4.65. The van der Waals surface area contributed by atoms with Gasteiger partial charge in [0.2, 0.25) is 0 Å². The second kappa shape index (κ2) is 4.67. The molecule has 4 heteroatoms. The Labute approximate surface area is 101 Å². The van der Waals surface area contributed by atoms with Crippen LogP contribution in [0, 0.1) is 13.8 Å². The molecule has 0 radical (unpaired) electrons. The van der Waals surface area contributed by atoms with Crippen molar-refractivity contribution in [2.24, 2.45) is 12.8 Å². The second-order valence-electron chi connectivity index (χ2n) is 4.46. The number of nitrogens with two attached hydrogens (primary N) is 1. The fourth-order valence-electron chi connectivity index (χ4n) is 2.03. The lowest BCUT2D eigenvalue weighted by molar-refractivity contribution is 0.707. The predicted molar refractivity (Wildman–Crippen MR) is 67.6 cm³/mol. The Morgan fingerprint density at radius 3 is 2.71 bits per heavy atom. The number of nitrogens with zero attached hydrogens (tertiary/aromatic N) is 3. The SMILES string of the molecule is Cc1ccc(C(N)Cc2cnn(C)c2)c(C)n1. The van der Waals surface area contributed by atoms with E-state index in [0.29, 0.717) is 0 Å². The predicted octanol–water partition coefficient (Wildman–Crippen LogP) is 1.67. The minimum Gasteiger partial charge on any atom is -0.324 e. The molecule has 0 amide bonds. The van der Waals surface area contributed by atoms with E-state index in [1.54, 1.807) is 4.68 Å². The maximum atomic E-state index is 6.21. The number of rotatable bonds is 3. The first-order valence-electron chi connectivity index (χ1n) is 5.73. The smallest absolute Gasteiger partial charge is 0.0522 e. The summed E-state index contributed by atoms with van der Waals surface area (Å²) in [6.45, 7) is 3.99. The van der Waals surface area contributed by atoms with Crippen molar-refractivity contribution in [2.75, 3.05) is 0 Å². The topological polar surface area (TPSA) is 56.7 Å². The van der Waals surface area contributed by atoms with Gasteiger partial charge < -0.3 is 5.73 Å². The zero-order valence-corrected chi connectivity index (χ0v) is 10.5. The van der Waals surface area contributed by atoms with E-state index in [0.717, 1.165) is 28.9 Å². The van der Waals surface area contributed by atoms with Crippen molar-refractivity contribution in [3.63, 3.8) is 0 Å². The van der Waals surface area contributed by atoms with Crippen LogP contribution in [0.1, 0.15) is 28.6 Å². The van der Waals surface area contributed by atoms with Gasteiger partial charge in [-0.1, -0.05) is 6.07 Å². The lowest BCUT2D eigenvalue weighted by atomic mass is 10.0. The zero-order chi connectivity index (χ0) is 12.4. The monoisotopic (exact) mass is 230 g/mol. The summed E-state index contributed by atoms with van der Waals surface area (Å²) in [5.74, 6) is 0. The first-order chi connectivity index (χ1) is 8.06. The summed E-state index contributed by atoms with van der Waals surface area (Å²) in [6, 6.07) is 4.05. The summed E-state index contributed by atoms with van der Waals surface area (Å²) in [7, 11) is 1.91. The van der Waals surface area contributed by atoms with E-state index in [-0.39, 0.29) is 6.04 Å². The molecule has 0 aliphatic rings. The minimum atomic E-state index is -0.0210. The highest BCUT2D eigenvalue weighted by atomic mass is 15.2. The molecule has 0 spiro atoms. The highest BCUT2D eigenvalue weighted by Gasteiger charge is 2.11. The van der Waals surface area contributed by atoms with E-state index in [2.05, 4.69) is 16.1 Å². The van der Waals surface area contributed by atoms with Gasteiger partial charge in [0, 0.05) is 30.7 Å². The molecular formula is C13H18N4. The van der Waals surface area contributed by atoms with Crippen LogP contribution in [-0.4, -0.2) is 14.8 Å². The first kappa shape index (κ1) is 11.8. The molecule has 0 saturated heterocycles. The van der Waals surface area contributed by atoms with E-state index in [1.807, 2.05) is 39.4 Å². The third-order valence-electron chi connectivity index (χ3n) is 2.88. The molecule has 0 aromatic carbocycles. The average molecular weight is 230 g/mol. The van der Waals surface area contributed by atoms with E-state index in [4.69, 9.17) is 5.73 Å². The van der Waals surface area contributed by atoms with E-state index < -0.39 is 0 Å². The number of aromatic nitrogens is 3. The fourth-order valence-corrected chi connectivity index (χ4v) is 2.03. The molecule has 0 saturated carbocycles. The van der Waals surface area contributed by atoms with E-state index in [1.165, 1.54) is 0 Å². The molecule has 2 aromatic rings. The summed E-state index contributed by atoms with van der Waals surface area (Å²) in [4.78, 5) is 4.44. The fraction of sp³-hybridized carbons (Fsp3) is 0.385. The highest BCUT2D eigenvalue weighted by molar-refractivity contribution is 5.26. The van der Waals surface area contributed by atoms with Crippen LogP contribution in [0.2, 0.25) is 0 Å². The average Bonchev–Trinajstić information content (AvgIpc) is 2.63. The Morgan fingerprint density at radius 1 is 1.35 bits per heavy atom. The van der Waals surface area contributed by atoms with Crippen molar-refractivity contribution in [3.8, 4) is 0 Å². The van der Waals surface area contributed by atoms with Crippen LogP contribution in [0.15, 0.2) is 24.5 Å². The van der Waals surface area contributed by atoms with Gasteiger partial charge in [-0.2, -0.15) is 5.10 Å². The van der Waals surface area contributed by atoms with Crippen LogP contribution in [0.5, 0.6) is 0 Å². The molecular weight excluding hydrogens is 212 g/mol. The lowest BCUT2D eigenvalue weighted by Crippen LogP contribution is -2.15. The Kier molecular flexibility index (Phi) is 3.24. The van der Waals surface area contributed by atoms with Crippen LogP contribution in [-0.2, 0) is 13.5 Å². The molecule has 2 aromatic heterocycles. The zero-order valence-electron chi connectivity index (χ0n) is 10.5. The van der Waals surface area contributed by atoms with Gasteiger partial charge in [0.15, 0.2) is 0 Å². The number of pyridine rings is 1. The summed E-state index contributed by atoms with van der Waals surface area (Å²) < 4.78 is 1.79. The largest absolute Gasteiger partial charge is 0.324 e. The summed E-state index contributed by atoms with van der Waals surface area (Å²) in [5, 5.41) is 4.15. The molecule has 0 fully saturated rings. The number of hydrogen-bond donors (Lipinski definition) is 1. The molecule has 1 unspecified atom stereocenters. The van der Waals surface area contributed by atoms with E-state index in [9.17, 15) is 0 Å². The maximum Gasteiger partial charge on any atom is 0.0522 e. The molecule has 2 rings (SSSR count). The van der Waals surface area contributed by atoms with Crippen molar-refractivity contribution in [1.82, 2.24) is 14.8 Å². The van der Waals surface area contributed by atoms with Crippen LogP contribution in [0.3, 0.4) is 0 Å². The molecule has 1 atom stereocenters. The Balaban J connectivity index is 2.17. The molecule has 2 N–H and O–H groups in total. The first-order valence-corrected chi connectivity index (χ1v) is 5.73. The molecule has 0 aliphatic carbocycles. The standard InChI is InChI=1S/C13H18N4/c1-9-4-5-12(10(2)16-9)13(14)6-11-7-15-17(3)8-11/h4-5,7-8,13H,6,14H2,1-3H3. The molecule has 90 valence electrons.